The van der Waals surface area contributed by atoms with Crippen molar-refractivity contribution in [3.8, 4) is 23.1 Å². The molecule has 0 bridgehead atoms. The average Bonchev–Trinajstić information content (AvgIpc) is 3.87. The number of aromatic amines is 1. The Balaban J connectivity index is 1.15. The topological polar surface area (TPSA) is 140 Å². The number of fused-ring (bicyclic) bond motifs is 3. The second kappa shape index (κ2) is 12.7. The molecule has 276 valence electrons. The molecule has 3 aliphatic heterocycles. The first-order chi connectivity index (χ1) is 25.2. The van der Waals surface area contributed by atoms with Gasteiger partial charge >= 0.3 is 12.1 Å². The lowest BCUT2D eigenvalue weighted by Gasteiger charge is -2.53. The molecule has 13 nitrogen and oxygen atoms in total. The maximum absolute atomic E-state index is 17.3. The SMILES string of the molecule is COc1nc(-c2c(C)c(C)cc3[nH]ncc23)c(F)c2nc(OCC34CCCC3N(C3CC(OC)C3)CCC4)nc(N3CCCC4(CNC(=O)O4)C3)c12. The maximum Gasteiger partial charge on any atom is 0.407 e. The van der Waals surface area contributed by atoms with Gasteiger partial charge in [0.2, 0.25) is 5.88 Å². The largest absolute Gasteiger partial charge is 0.480 e. The van der Waals surface area contributed by atoms with Gasteiger partial charge in [0.25, 0.3) is 0 Å². The van der Waals surface area contributed by atoms with Gasteiger partial charge in [0.15, 0.2) is 5.82 Å². The molecule has 2 N–H and O–H groups in total. The molecule has 3 unspecified atom stereocenters. The number of rotatable bonds is 8. The molecule has 1 spiro atoms. The molecular weight excluding hydrogens is 667 g/mol. The summed E-state index contributed by atoms with van der Waals surface area (Å²) >= 11 is 0. The Morgan fingerprint density at radius 3 is 2.69 bits per heavy atom. The molecule has 4 aromatic rings. The molecule has 3 saturated heterocycles. The maximum atomic E-state index is 17.3. The molecule has 6 heterocycles. The summed E-state index contributed by atoms with van der Waals surface area (Å²) in [5.41, 5.74) is 2.74. The number of carbonyl (C=O) groups excluding carboxylic acids is 1. The van der Waals surface area contributed by atoms with Crippen LogP contribution in [0.25, 0.3) is 33.1 Å². The van der Waals surface area contributed by atoms with E-state index in [9.17, 15) is 4.79 Å². The molecule has 5 fully saturated rings. The highest BCUT2D eigenvalue weighted by Gasteiger charge is 2.52. The van der Waals surface area contributed by atoms with Crippen LogP contribution in [-0.2, 0) is 9.47 Å². The van der Waals surface area contributed by atoms with E-state index in [1.807, 2.05) is 24.8 Å². The molecule has 1 amide bonds. The van der Waals surface area contributed by atoms with Crippen molar-refractivity contribution in [2.24, 2.45) is 5.41 Å². The lowest BCUT2D eigenvalue weighted by atomic mass is 9.73. The Labute approximate surface area is 301 Å². The summed E-state index contributed by atoms with van der Waals surface area (Å²) in [6.07, 6.45) is 10.8. The third-order valence-corrected chi connectivity index (χ3v) is 12.8. The number of H-pyrrole nitrogens is 1. The van der Waals surface area contributed by atoms with E-state index in [-0.39, 0.29) is 28.5 Å². The number of aromatic nitrogens is 5. The zero-order chi connectivity index (χ0) is 35.8. The number of anilines is 1. The van der Waals surface area contributed by atoms with Crippen LogP contribution in [0.1, 0.15) is 68.9 Å². The van der Waals surface area contributed by atoms with Crippen molar-refractivity contribution in [3.63, 3.8) is 0 Å². The van der Waals surface area contributed by atoms with Crippen molar-refractivity contribution < 1.29 is 28.1 Å². The second-order valence-electron chi connectivity index (χ2n) is 15.7. The summed E-state index contributed by atoms with van der Waals surface area (Å²) < 4.78 is 41.4. The van der Waals surface area contributed by atoms with Crippen LogP contribution >= 0.6 is 0 Å². The predicted octanol–water partition coefficient (Wildman–Crippen LogP) is 5.60. The fraction of sp³-hybridized carbons (Fsp3) is 0.605. The number of amides is 1. The fourth-order valence-electron chi connectivity index (χ4n) is 9.94. The van der Waals surface area contributed by atoms with Crippen LogP contribution in [0.3, 0.4) is 0 Å². The number of piperidine rings is 2. The fourth-order valence-corrected chi connectivity index (χ4v) is 9.94. The van der Waals surface area contributed by atoms with Gasteiger partial charge in [-0.2, -0.15) is 15.1 Å². The molecule has 5 aliphatic rings. The summed E-state index contributed by atoms with van der Waals surface area (Å²) in [5, 5.41) is 11.2. The number of nitrogens with one attached hydrogen (secondary N) is 2. The van der Waals surface area contributed by atoms with Crippen molar-refractivity contribution in [2.45, 2.75) is 95.4 Å². The number of methoxy groups -OCH3 is 2. The molecule has 2 saturated carbocycles. The van der Waals surface area contributed by atoms with Gasteiger partial charge in [-0.05, 0) is 89.0 Å². The van der Waals surface area contributed by atoms with E-state index in [0.717, 1.165) is 79.9 Å². The molecule has 14 heteroatoms. The van der Waals surface area contributed by atoms with Gasteiger partial charge in [-0.3, -0.25) is 10.00 Å². The van der Waals surface area contributed by atoms with Crippen LogP contribution in [0.4, 0.5) is 15.0 Å². The summed E-state index contributed by atoms with van der Waals surface area (Å²) in [4.78, 5) is 31.7. The molecule has 0 radical (unpaired) electrons. The second-order valence-corrected chi connectivity index (χ2v) is 15.7. The Hall–Kier alpha value is -4.30. The van der Waals surface area contributed by atoms with Crippen molar-refractivity contribution in [2.75, 3.05) is 51.9 Å². The van der Waals surface area contributed by atoms with Gasteiger partial charge < -0.3 is 29.2 Å². The summed E-state index contributed by atoms with van der Waals surface area (Å²) in [6.45, 7) is 6.89. The van der Waals surface area contributed by atoms with Gasteiger partial charge in [0, 0.05) is 42.1 Å². The predicted molar refractivity (Wildman–Crippen MR) is 192 cm³/mol. The van der Waals surface area contributed by atoms with E-state index in [1.165, 1.54) is 7.11 Å². The Morgan fingerprint density at radius 2 is 1.90 bits per heavy atom. The zero-order valence-electron chi connectivity index (χ0n) is 30.4. The highest BCUT2D eigenvalue weighted by molar-refractivity contribution is 6.01. The zero-order valence-corrected chi connectivity index (χ0v) is 30.4. The van der Waals surface area contributed by atoms with Crippen LogP contribution < -0.4 is 19.7 Å². The summed E-state index contributed by atoms with van der Waals surface area (Å²) in [7, 11) is 3.33. The van der Waals surface area contributed by atoms with Gasteiger partial charge in [-0.1, -0.05) is 6.42 Å². The number of benzene rings is 1. The van der Waals surface area contributed by atoms with E-state index < -0.39 is 17.5 Å². The number of nitrogens with zero attached hydrogens (tertiary/aromatic N) is 6. The number of aryl methyl sites for hydroxylation is 1. The van der Waals surface area contributed by atoms with Crippen molar-refractivity contribution in [1.29, 1.82) is 0 Å². The van der Waals surface area contributed by atoms with Crippen LogP contribution in [0.5, 0.6) is 11.9 Å². The normalized spacial score (nSPS) is 29.0. The molecule has 3 aromatic heterocycles. The van der Waals surface area contributed by atoms with Crippen molar-refractivity contribution in [1.82, 2.24) is 35.4 Å². The number of pyridine rings is 1. The average molecular weight is 715 g/mol. The third kappa shape index (κ3) is 5.35. The van der Waals surface area contributed by atoms with E-state index in [0.29, 0.717) is 67.6 Å². The minimum absolute atomic E-state index is 0.0288. The molecular formula is C38H47FN8O5. The number of halogens is 1. The Kier molecular flexibility index (Phi) is 8.18. The molecule has 2 aliphatic carbocycles. The molecule has 3 atom stereocenters. The molecule has 9 rings (SSSR count). The lowest BCUT2D eigenvalue weighted by Crippen LogP contribution is -2.59. The Bertz CT molecular complexity index is 2050. The highest BCUT2D eigenvalue weighted by atomic mass is 19.1. The highest BCUT2D eigenvalue weighted by Crippen LogP contribution is 2.51. The number of alkyl carbamates (subject to hydrolysis) is 1. The minimum atomic E-state index is -0.719. The van der Waals surface area contributed by atoms with E-state index >= 15 is 4.39 Å². The van der Waals surface area contributed by atoms with Crippen molar-refractivity contribution >= 4 is 33.7 Å². The van der Waals surface area contributed by atoms with E-state index in [2.05, 4.69) is 20.4 Å². The quantitative estimate of drug-likeness (QED) is 0.236. The molecule has 1 aromatic carbocycles. The first-order valence-electron chi connectivity index (χ1n) is 18.7. The van der Waals surface area contributed by atoms with Crippen LogP contribution in [0.2, 0.25) is 0 Å². The minimum Gasteiger partial charge on any atom is -0.480 e. The van der Waals surface area contributed by atoms with Gasteiger partial charge in [0.1, 0.15) is 28.0 Å². The standard InChI is InChI=1S/C38H47FN8O5/c1-21-14-26-25(17-41-45-26)28(22(21)2)31-30(39)32-29(34(42-31)50-4)33(46-12-7-11-38(19-46)18-40-36(48)52-38)44-35(43-32)51-20-37-9-5-8-27(37)47(13-6-10-37)23-15-24(16-23)49-3/h14,17,23-24,27H,5-13,15-16,18-20H2,1-4H3,(H,40,48)(H,41,45). The Morgan fingerprint density at radius 1 is 1.08 bits per heavy atom. The first kappa shape index (κ1) is 33.5. The van der Waals surface area contributed by atoms with Gasteiger partial charge in [-0.25, -0.2) is 14.2 Å². The number of ether oxygens (including phenoxy) is 4. The summed E-state index contributed by atoms with van der Waals surface area (Å²) in [5.74, 6) is 0.0792. The number of hydrogen-bond donors (Lipinski definition) is 2. The number of carbonyl (C=O) groups is 1. The first-order valence-corrected chi connectivity index (χ1v) is 18.7. The van der Waals surface area contributed by atoms with E-state index in [1.54, 1.807) is 13.3 Å². The third-order valence-electron chi connectivity index (χ3n) is 12.8. The van der Waals surface area contributed by atoms with Crippen LogP contribution in [-0.4, -0.2) is 107 Å². The summed E-state index contributed by atoms with van der Waals surface area (Å²) in [6, 6.07) is 3.09. The molecule has 52 heavy (non-hydrogen) atoms. The van der Waals surface area contributed by atoms with Gasteiger partial charge in [-0.15, -0.1) is 0 Å². The van der Waals surface area contributed by atoms with Crippen LogP contribution in [0.15, 0.2) is 12.3 Å². The lowest BCUT2D eigenvalue weighted by molar-refractivity contribution is -0.0845. The van der Waals surface area contributed by atoms with Crippen molar-refractivity contribution in [3.05, 3.63) is 29.2 Å². The van der Waals surface area contributed by atoms with Crippen LogP contribution in [0, 0.1) is 25.1 Å². The number of likely N-dealkylation sites (tertiary alicyclic amines) is 1. The smallest absolute Gasteiger partial charge is 0.407 e. The van der Waals surface area contributed by atoms with E-state index in [4.69, 9.17) is 33.9 Å². The number of hydrogen-bond acceptors (Lipinski definition) is 11. The monoisotopic (exact) mass is 714 g/mol. The van der Waals surface area contributed by atoms with Gasteiger partial charge in [0.05, 0.1) is 44.6 Å².